The van der Waals surface area contributed by atoms with Gasteiger partial charge in [0, 0.05) is 42.3 Å². The molecule has 0 spiro atoms. The number of fused-ring (bicyclic) bond motifs is 2. The van der Waals surface area contributed by atoms with Crippen molar-refractivity contribution >= 4 is 28.8 Å². The quantitative estimate of drug-likeness (QED) is 0.525. The van der Waals surface area contributed by atoms with Crippen LogP contribution in [0.15, 0.2) is 37.1 Å². The Morgan fingerprint density at radius 2 is 1.93 bits per heavy atom. The Kier molecular flexibility index (Phi) is 4.81. The fourth-order valence-corrected chi connectivity index (χ4v) is 4.27. The van der Waals surface area contributed by atoms with E-state index >= 15 is 0 Å². The van der Waals surface area contributed by atoms with Crippen LogP contribution in [0.5, 0.6) is 0 Å². The van der Waals surface area contributed by atoms with Crippen LogP contribution in [-0.4, -0.2) is 48.6 Å². The molecule has 4 heterocycles. The van der Waals surface area contributed by atoms with Gasteiger partial charge in [-0.1, -0.05) is 11.6 Å². The summed E-state index contributed by atoms with van der Waals surface area (Å²) in [5.41, 5.74) is 2.86. The largest absolute Gasteiger partial charge is 0.353 e. The molecule has 9 heteroatoms. The van der Waals surface area contributed by atoms with Gasteiger partial charge in [0.25, 0.3) is 0 Å². The number of imidazole rings is 1. The van der Waals surface area contributed by atoms with E-state index in [1.807, 2.05) is 29.2 Å². The molecule has 0 aliphatic heterocycles. The van der Waals surface area contributed by atoms with E-state index in [1.165, 1.54) is 25.7 Å². The van der Waals surface area contributed by atoms with Gasteiger partial charge in [-0.25, -0.2) is 19.5 Å². The van der Waals surface area contributed by atoms with E-state index in [2.05, 4.69) is 37.7 Å². The topological polar surface area (TPSA) is 84.4 Å². The standard InChI is InChI=1S/C20H23ClN8/c1-22-15-4-2-13(3-5-15)8-23-19-24-10-17-16(6-7-29(17)27-19)14-9-25-20-26-11-18(21)28(20)12-14/h6-7,9-13,15,22H,2-5,8H2,1H3,(H,23,27). The molecule has 1 saturated carbocycles. The van der Waals surface area contributed by atoms with Crippen LogP contribution in [0.3, 0.4) is 0 Å². The summed E-state index contributed by atoms with van der Waals surface area (Å²) in [6, 6.07) is 2.68. The van der Waals surface area contributed by atoms with Crippen LogP contribution < -0.4 is 10.6 Å². The predicted octanol–water partition coefficient (Wildman–Crippen LogP) is 3.28. The zero-order valence-electron chi connectivity index (χ0n) is 16.2. The molecule has 150 valence electrons. The molecule has 29 heavy (non-hydrogen) atoms. The van der Waals surface area contributed by atoms with Gasteiger partial charge in [0.1, 0.15) is 5.15 Å². The van der Waals surface area contributed by atoms with Crippen molar-refractivity contribution in [2.75, 3.05) is 18.9 Å². The Morgan fingerprint density at radius 1 is 1.10 bits per heavy atom. The normalized spacial score (nSPS) is 19.8. The molecule has 1 aliphatic rings. The van der Waals surface area contributed by atoms with Crippen molar-refractivity contribution in [2.45, 2.75) is 31.7 Å². The lowest BCUT2D eigenvalue weighted by Gasteiger charge is -2.28. The maximum Gasteiger partial charge on any atom is 0.241 e. The highest BCUT2D eigenvalue weighted by Crippen LogP contribution is 2.27. The summed E-state index contributed by atoms with van der Waals surface area (Å²) in [6.07, 6.45) is 14.1. The highest BCUT2D eigenvalue weighted by atomic mass is 35.5. The van der Waals surface area contributed by atoms with Crippen LogP contribution in [0.2, 0.25) is 5.15 Å². The molecule has 0 atom stereocenters. The van der Waals surface area contributed by atoms with Crippen molar-refractivity contribution < 1.29 is 0 Å². The minimum atomic E-state index is 0.532. The number of hydrogen-bond donors (Lipinski definition) is 2. The van der Waals surface area contributed by atoms with Gasteiger partial charge in [-0.2, -0.15) is 0 Å². The van der Waals surface area contributed by atoms with Crippen LogP contribution in [0.25, 0.3) is 22.4 Å². The molecule has 0 radical (unpaired) electrons. The van der Waals surface area contributed by atoms with Crippen LogP contribution in [0.4, 0.5) is 5.95 Å². The van der Waals surface area contributed by atoms with Crippen molar-refractivity contribution in [1.82, 2.24) is 34.3 Å². The van der Waals surface area contributed by atoms with Crippen LogP contribution >= 0.6 is 11.6 Å². The molecule has 1 fully saturated rings. The van der Waals surface area contributed by atoms with E-state index in [0.717, 1.165) is 23.2 Å². The van der Waals surface area contributed by atoms with E-state index in [9.17, 15) is 0 Å². The fourth-order valence-electron chi connectivity index (χ4n) is 4.10. The van der Waals surface area contributed by atoms with Gasteiger partial charge in [-0.05, 0) is 44.7 Å². The number of aromatic nitrogens is 6. The molecule has 5 rings (SSSR count). The lowest BCUT2D eigenvalue weighted by Crippen LogP contribution is -2.32. The third-order valence-corrected chi connectivity index (χ3v) is 6.13. The number of anilines is 1. The average molecular weight is 411 g/mol. The number of nitrogens with one attached hydrogen (secondary N) is 2. The first-order valence-electron chi connectivity index (χ1n) is 9.96. The molecular weight excluding hydrogens is 388 g/mol. The average Bonchev–Trinajstić information content (AvgIpc) is 3.35. The van der Waals surface area contributed by atoms with E-state index in [-0.39, 0.29) is 0 Å². The van der Waals surface area contributed by atoms with Crippen LogP contribution in [0, 0.1) is 5.92 Å². The summed E-state index contributed by atoms with van der Waals surface area (Å²) < 4.78 is 3.61. The van der Waals surface area contributed by atoms with Gasteiger partial charge < -0.3 is 10.6 Å². The molecule has 0 unspecified atom stereocenters. The molecule has 0 amide bonds. The second-order valence-electron chi connectivity index (χ2n) is 7.62. The molecule has 0 saturated heterocycles. The van der Waals surface area contributed by atoms with Crippen molar-refractivity contribution in [2.24, 2.45) is 5.92 Å². The smallest absolute Gasteiger partial charge is 0.241 e. The Morgan fingerprint density at radius 3 is 2.76 bits per heavy atom. The summed E-state index contributed by atoms with van der Waals surface area (Å²) in [7, 11) is 2.05. The number of rotatable bonds is 5. The molecule has 1 aliphatic carbocycles. The highest BCUT2D eigenvalue weighted by Gasteiger charge is 2.20. The first-order chi connectivity index (χ1) is 14.2. The van der Waals surface area contributed by atoms with Gasteiger partial charge in [-0.15, -0.1) is 5.10 Å². The van der Waals surface area contributed by atoms with Crippen LogP contribution in [-0.2, 0) is 0 Å². The second-order valence-corrected chi connectivity index (χ2v) is 8.01. The fraction of sp³-hybridized carbons (Fsp3) is 0.400. The maximum atomic E-state index is 6.18. The molecule has 0 aromatic carbocycles. The first kappa shape index (κ1) is 18.3. The summed E-state index contributed by atoms with van der Waals surface area (Å²) in [5, 5.41) is 11.9. The minimum Gasteiger partial charge on any atom is -0.353 e. The Balaban J connectivity index is 1.33. The molecule has 4 aromatic rings. The summed E-state index contributed by atoms with van der Waals surface area (Å²) >= 11 is 6.18. The summed E-state index contributed by atoms with van der Waals surface area (Å²) in [6.45, 7) is 0.912. The Bertz CT molecular complexity index is 1140. The number of nitrogens with zero attached hydrogens (tertiary/aromatic N) is 6. The summed E-state index contributed by atoms with van der Waals surface area (Å²) in [4.78, 5) is 13.1. The summed E-state index contributed by atoms with van der Waals surface area (Å²) in [5.74, 6) is 1.91. The molecule has 8 nitrogen and oxygen atoms in total. The predicted molar refractivity (Wildman–Crippen MR) is 113 cm³/mol. The van der Waals surface area contributed by atoms with Gasteiger partial charge in [-0.3, -0.25) is 4.40 Å². The van der Waals surface area contributed by atoms with Gasteiger partial charge in [0.05, 0.1) is 17.9 Å². The first-order valence-corrected chi connectivity index (χ1v) is 10.3. The zero-order valence-corrected chi connectivity index (χ0v) is 17.0. The van der Waals surface area contributed by atoms with Crippen molar-refractivity contribution in [3.05, 3.63) is 42.2 Å². The third-order valence-electron chi connectivity index (χ3n) is 5.85. The van der Waals surface area contributed by atoms with Crippen LogP contribution in [0.1, 0.15) is 25.7 Å². The Hall–Kier alpha value is -2.71. The number of hydrogen-bond acceptors (Lipinski definition) is 6. The molecule has 2 N–H and O–H groups in total. The monoisotopic (exact) mass is 410 g/mol. The maximum absolute atomic E-state index is 6.18. The van der Waals surface area contributed by atoms with Crippen molar-refractivity contribution in [3.8, 4) is 11.1 Å². The van der Waals surface area contributed by atoms with Gasteiger partial charge in [0.2, 0.25) is 11.7 Å². The van der Waals surface area contributed by atoms with Crippen molar-refractivity contribution in [1.29, 1.82) is 0 Å². The van der Waals surface area contributed by atoms with Gasteiger partial charge >= 0.3 is 0 Å². The van der Waals surface area contributed by atoms with Gasteiger partial charge in [0.15, 0.2) is 0 Å². The highest BCUT2D eigenvalue weighted by molar-refractivity contribution is 6.29. The second kappa shape index (κ2) is 7.61. The molecule has 4 aromatic heterocycles. The third kappa shape index (κ3) is 3.54. The van der Waals surface area contributed by atoms with E-state index < -0.39 is 0 Å². The lowest BCUT2D eigenvalue weighted by molar-refractivity contribution is 0.312. The molecule has 0 bridgehead atoms. The number of halogens is 1. The van der Waals surface area contributed by atoms with E-state index in [1.54, 1.807) is 16.8 Å². The minimum absolute atomic E-state index is 0.532. The van der Waals surface area contributed by atoms with E-state index in [4.69, 9.17) is 11.6 Å². The van der Waals surface area contributed by atoms with Crippen molar-refractivity contribution in [3.63, 3.8) is 0 Å². The lowest BCUT2D eigenvalue weighted by atomic mass is 9.86. The Labute approximate surface area is 173 Å². The van der Waals surface area contributed by atoms with E-state index in [0.29, 0.717) is 28.8 Å². The zero-order chi connectivity index (χ0) is 19.8. The molecular formula is C20H23ClN8. The SMILES string of the molecule is CNC1CCC(CNc2ncc3c(-c4cnc5ncc(Cl)n5c4)ccn3n2)CC1.